The minimum absolute atomic E-state index is 0.00101. The molecular weight excluding hydrogens is 300 g/mol. The molecule has 2 saturated carbocycles. The van der Waals surface area contributed by atoms with Gasteiger partial charge in [0.1, 0.15) is 5.76 Å². The van der Waals surface area contributed by atoms with E-state index >= 15 is 0 Å². The predicted octanol–water partition coefficient (Wildman–Crippen LogP) is 4.48. The van der Waals surface area contributed by atoms with E-state index in [4.69, 9.17) is 4.52 Å². The molecule has 0 spiro atoms. The summed E-state index contributed by atoms with van der Waals surface area (Å²) in [5.41, 5.74) is 2.96. The van der Waals surface area contributed by atoms with Crippen molar-refractivity contribution in [3.8, 4) is 0 Å². The lowest BCUT2D eigenvalue weighted by molar-refractivity contribution is 0.0719. The van der Waals surface area contributed by atoms with E-state index in [-0.39, 0.29) is 5.91 Å². The third kappa shape index (κ3) is 3.23. The maximum Gasteiger partial charge on any atom is 0.276 e. The lowest BCUT2D eigenvalue weighted by Gasteiger charge is -2.21. The fraction of sp³-hybridized carbons (Fsp3) is 0.500. The van der Waals surface area contributed by atoms with Gasteiger partial charge in [0.2, 0.25) is 0 Å². The Bertz CT molecular complexity index is 724. The van der Waals surface area contributed by atoms with Crippen LogP contribution in [0.2, 0.25) is 0 Å². The summed E-state index contributed by atoms with van der Waals surface area (Å²) >= 11 is 0. The fourth-order valence-corrected chi connectivity index (χ4v) is 3.06. The zero-order valence-electron chi connectivity index (χ0n) is 14.4. The Morgan fingerprint density at radius 2 is 1.92 bits per heavy atom. The van der Waals surface area contributed by atoms with E-state index < -0.39 is 0 Å². The lowest BCUT2D eigenvalue weighted by Crippen LogP contribution is -2.32. The number of benzene rings is 1. The van der Waals surface area contributed by atoms with Crippen molar-refractivity contribution in [3.63, 3.8) is 0 Å². The third-order valence-corrected chi connectivity index (χ3v) is 4.98. The first-order valence-corrected chi connectivity index (χ1v) is 8.98. The molecule has 0 N–H and O–H groups in total. The average molecular weight is 324 g/mol. The lowest BCUT2D eigenvalue weighted by atomic mass is 10.0. The van der Waals surface area contributed by atoms with Crippen molar-refractivity contribution in [2.45, 2.75) is 64.0 Å². The van der Waals surface area contributed by atoms with E-state index in [1.54, 1.807) is 0 Å². The van der Waals surface area contributed by atoms with Gasteiger partial charge in [-0.1, -0.05) is 43.3 Å². The Kier molecular flexibility index (Phi) is 3.91. The minimum atomic E-state index is 0.00101. The second-order valence-corrected chi connectivity index (χ2v) is 7.45. The molecule has 4 rings (SSSR count). The average Bonchev–Trinajstić information content (AvgIpc) is 3.51. The number of hydrogen-bond acceptors (Lipinski definition) is 3. The normalized spacial score (nSPS) is 17.3. The molecule has 126 valence electrons. The Labute approximate surface area is 142 Å². The van der Waals surface area contributed by atoms with Crippen LogP contribution >= 0.6 is 0 Å². The van der Waals surface area contributed by atoms with E-state index in [0.717, 1.165) is 31.4 Å². The van der Waals surface area contributed by atoms with E-state index in [0.29, 0.717) is 30.1 Å². The Morgan fingerprint density at radius 3 is 2.50 bits per heavy atom. The van der Waals surface area contributed by atoms with E-state index in [1.807, 2.05) is 11.0 Å². The zero-order valence-corrected chi connectivity index (χ0v) is 14.4. The summed E-state index contributed by atoms with van der Waals surface area (Å²) in [7, 11) is 0. The predicted molar refractivity (Wildman–Crippen MR) is 91.9 cm³/mol. The molecule has 4 nitrogen and oxygen atoms in total. The van der Waals surface area contributed by atoms with Crippen molar-refractivity contribution in [3.05, 3.63) is 52.9 Å². The molecule has 2 aliphatic carbocycles. The van der Waals surface area contributed by atoms with E-state index in [2.05, 4.69) is 43.3 Å². The van der Waals surface area contributed by atoms with Crippen LogP contribution in [0.1, 0.15) is 78.7 Å². The summed E-state index contributed by atoms with van der Waals surface area (Å²) in [5, 5.41) is 4.02. The molecule has 4 heteroatoms. The van der Waals surface area contributed by atoms with Crippen LogP contribution < -0.4 is 0 Å². The van der Waals surface area contributed by atoms with Crippen LogP contribution in [0.5, 0.6) is 0 Å². The highest BCUT2D eigenvalue weighted by Crippen LogP contribution is 2.40. The number of amides is 1. The summed E-state index contributed by atoms with van der Waals surface area (Å²) in [5.74, 6) is 1.88. The molecule has 2 fully saturated rings. The fourth-order valence-electron chi connectivity index (χ4n) is 3.06. The smallest absolute Gasteiger partial charge is 0.276 e. The molecule has 0 bridgehead atoms. The Balaban J connectivity index is 1.49. The highest BCUT2D eigenvalue weighted by Gasteiger charge is 2.35. The quantitative estimate of drug-likeness (QED) is 0.787. The van der Waals surface area contributed by atoms with Crippen LogP contribution in [0, 0.1) is 0 Å². The van der Waals surface area contributed by atoms with Crippen molar-refractivity contribution in [2.75, 3.05) is 0 Å². The summed E-state index contributed by atoms with van der Waals surface area (Å²) in [6, 6.07) is 10.8. The molecule has 0 atom stereocenters. The highest BCUT2D eigenvalue weighted by atomic mass is 16.5. The van der Waals surface area contributed by atoms with Gasteiger partial charge in [0.15, 0.2) is 5.69 Å². The molecule has 0 saturated heterocycles. The van der Waals surface area contributed by atoms with Gasteiger partial charge in [0.25, 0.3) is 5.91 Å². The first-order chi connectivity index (χ1) is 11.6. The number of rotatable bonds is 6. The van der Waals surface area contributed by atoms with Gasteiger partial charge < -0.3 is 9.42 Å². The second-order valence-electron chi connectivity index (χ2n) is 7.45. The Morgan fingerprint density at radius 1 is 1.21 bits per heavy atom. The van der Waals surface area contributed by atoms with Crippen LogP contribution in [0.15, 0.2) is 34.9 Å². The summed E-state index contributed by atoms with van der Waals surface area (Å²) < 4.78 is 5.35. The van der Waals surface area contributed by atoms with Crippen molar-refractivity contribution in [1.29, 1.82) is 0 Å². The molecule has 2 aromatic rings. The Hall–Kier alpha value is -2.10. The van der Waals surface area contributed by atoms with Gasteiger partial charge >= 0.3 is 0 Å². The number of carbonyl (C=O) groups is 1. The topological polar surface area (TPSA) is 46.3 Å². The monoisotopic (exact) mass is 324 g/mol. The molecule has 0 aliphatic heterocycles. The number of nitrogens with zero attached hydrogens (tertiary/aromatic N) is 2. The van der Waals surface area contributed by atoms with Gasteiger partial charge in [-0.2, -0.15) is 0 Å². The molecule has 24 heavy (non-hydrogen) atoms. The van der Waals surface area contributed by atoms with Gasteiger partial charge in [0, 0.05) is 24.6 Å². The molecule has 2 aliphatic rings. The maximum atomic E-state index is 12.9. The second kappa shape index (κ2) is 6.08. The van der Waals surface area contributed by atoms with Crippen LogP contribution in [-0.2, 0) is 6.54 Å². The highest BCUT2D eigenvalue weighted by molar-refractivity contribution is 5.92. The first-order valence-electron chi connectivity index (χ1n) is 8.98. The van der Waals surface area contributed by atoms with E-state index in [1.165, 1.54) is 11.1 Å². The molecule has 1 heterocycles. The SMILES string of the molecule is CC(C)c1ccc(CN(C(=O)c2cc(C3CC3)on2)C2CC2)cc1. The molecule has 1 aromatic heterocycles. The number of carbonyl (C=O) groups excluding carboxylic acids is 1. The van der Waals surface area contributed by atoms with Crippen LogP contribution in [-0.4, -0.2) is 22.0 Å². The standard InChI is InChI=1S/C20H24N2O2/c1-13(2)15-5-3-14(4-6-15)12-22(17-9-10-17)20(23)18-11-19(24-21-18)16-7-8-16/h3-6,11,13,16-17H,7-10,12H2,1-2H3. The first kappa shape index (κ1) is 15.4. The molecule has 0 radical (unpaired) electrons. The molecule has 0 unspecified atom stereocenters. The van der Waals surface area contributed by atoms with E-state index in [9.17, 15) is 4.79 Å². The van der Waals surface area contributed by atoms with Crippen molar-refractivity contribution >= 4 is 5.91 Å². The van der Waals surface area contributed by atoms with Crippen molar-refractivity contribution < 1.29 is 9.32 Å². The minimum Gasteiger partial charge on any atom is -0.360 e. The van der Waals surface area contributed by atoms with Crippen molar-refractivity contribution in [1.82, 2.24) is 10.1 Å². The van der Waals surface area contributed by atoms with Crippen molar-refractivity contribution in [2.24, 2.45) is 0 Å². The van der Waals surface area contributed by atoms with Crippen LogP contribution in [0.4, 0.5) is 0 Å². The van der Waals surface area contributed by atoms with Gasteiger partial charge in [0.05, 0.1) is 0 Å². The largest absolute Gasteiger partial charge is 0.360 e. The van der Waals surface area contributed by atoms with Crippen LogP contribution in [0.25, 0.3) is 0 Å². The molecule has 1 aromatic carbocycles. The number of hydrogen-bond donors (Lipinski definition) is 0. The number of aromatic nitrogens is 1. The third-order valence-electron chi connectivity index (χ3n) is 4.98. The van der Waals surface area contributed by atoms with Gasteiger partial charge in [-0.15, -0.1) is 0 Å². The maximum absolute atomic E-state index is 12.9. The molecule has 1 amide bonds. The van der Waals surface area contributed by atoms with Crippen LogP contribution in [0.3, 0.4) is 0 Å². The summed E-state index contributed by atoms with van der Waals surface area (Å²) in [6.45, 7) is 5.03. The zero-order chi connectivity index (χ0) is 16.7. The summed E-state index contributed by atoms with van der Waals surface area (Å²) in [4.78, 5) is 14.8. The van der Waals surface area contributed by atoms with Gasteiger partial charge in [-0.25, -0.2) is 0 Å². The van der Waals surface area contributed by atoms with Gasteiger partial charge in [-0.05, 0) is 42.7 Å². The van der Waals surface area contributed by atoms with Gasteiger partial charge in [-0.3, -0.25) is 4.79 Å². The molecular formula is C20H24N2O2. The summed E-state index contributed by atoms with van der Waals surface area (Å²) in [6.07, 6.45) is 4.47.